The van der Waals surface area contributed by atoms with E-state index < -0.39 is 17.4 Å². The molecule has 4 nitrogen and oxygen atoms in total. The minimum atomic E-state index is -0.913. The van der Waals surface area contributed by atoms with E-state index in [9.17, 15) is 18.4 Å². The lowest BCUT2D eigenvalue weighted by atomic mass is 10.1. The summed E-state index contributed by atoms with van der Waals surface area (Å²) in [6.45, 7) is 0. The lowest BCUT2D eigenvalue weighted by Crippen LogP contribution is -2.14. The molecule has 1 fully saturated rings. The van der Waals surface area contributed by atoms with Crippen molar-refractivity contribution in [1.82, 2.24) is 4.98 Å². The molecular weight excluding hydrogens is 322 g/mol. The smallest absolute Gasteiger partial charge is 0.226 e. The molecule has 1 N–H and O–H groups in total. The van der Waals surface area contributed by atoms with Gasteiger partial charge in [0.2, 0.25) is 5.91 Å². The number of rotatable bonds is 6. The molecule has 0 radical (unpaired) electrons. The van der Waals surface area contributed by atoms with Crippen LogP contribution < -0.4 is 5.32 Å². The zero-order valence-electron chi connectivity index (χ0n) is 12.1. The van der Waals surface area contributed by atoms with Crippen LogP contribution in [0.3, 0.4) is 0 Å². The van der Waals surface area contributed by atoms with Crippen molar-refractivity contribution < 1.29 is 18.4 Å². The van der Waals surface area contributed by atoms with Gasteiger partial charge in [-0.2, -0.15) is 0 Å². The topological polar surface area (TPSA) is 59.1 Å². The Morgan fingerprint density at radius 1 is 1.26 bits per heavy atom. The monoisotopic (exact) mass is 336 g/mol. The number of nitrogens with zero attached hydrogens (tertiary/aromatic N) is 1. The highest BCUT2D eigenvalue weighted by Gasteiger charge is 2.26. The minimum Gasteiger partial charge on any atom is -0.302 e. The molecule has 0 bridgehead atoms. The summed E-state index contributed by atoms with van der Waals surface area (Å²) in [5.41, 5.74) is 0.791. The summed E-state index contributed by atoms with van der Waals surface area (Å²) >= 11 is 1.35. The van der Waals surface area contributed by atoms with Crippen molar-refractivity contribution in [1.29, 1.82) is 0 Å². The lowest BCUT2D eigenvalue weighted by molar-refractivity contribution is -0.116. The Morgan fingerprint density at radius 3 is 2.74 bits per heavy atom. The molecule has 0 atom stereocenters. The first-order chi connectivity index (χ1) is 11.0. The Kier molecular flexibility index (Phi) is 4.47. The molecule has 3 rings (SSSR count). The number of nitrogens with one attached hydrogen (secondary N) is 1. The third kappa shape index (κ3) is 3.98. The number of thiazole rings is 1. The van der Waals surface area contributed by atoms with Crippen LogP contribution in [0.25, 0.3) is 0 Å². The summed E-state index contributed by atoms with van der Waals surface area (Å²) in [5.74, 6) is -2.02. The summed E-state index contributed by atoms with van der Waals surface area (Å²) in [7, 11) is 0. The molecule has 1 heterocycles. The number of benzene rings is 1. The molecule has 7 heteroatoms. The van der Waals surface area contributed by atoms with Crippen LogP contribution in [0, 0.1) is 11.6 Å². The molecule has 0 spiro atoms. The van der Waals surface area contributed by atoms with Crippen molar-refractivity contribution in [3.8, 4) is 0 Å². The first kappa shape index (κ1) is 15.7. The van der Waals surface area contributed by atoms with E-state index in [0.717, 1.165) is 30.7 Å². The lowest BCUT2D eigenvalue weighted by Gasteiger charge is -2.03. The van der Waals surface area contributed by atoms with Gasteiger partial charge in [-0.25, -0.2) is 13.8 Å². The van der Waals surface area contributed by atoms with Gasteiger partial charge in [-0.05, 0) is 25.0 Å². The van der Waals surface area contributed by atoms with Gasteiger partial charge in [0.1, 0.15) is 11.6 Å². The number of Topliss-reactive ketones (excluding diaryl/α,β-unsaturated/α-hetero) is 1. The van der Waals surface area contributed by atoms with E-state index in [2.05, 4.69) is 10.3 Å². The number of anilines is 1. The molecule has 1 aliphatic carbocycles. The van der Waals surface area contributed by atoms with Gasteiger partial charge in [-0.3, -0.25) is 9.59 Å². The van der Waals surface area contributed by atoms with Crippen molar-refractivity contribution in [3.05, 3.63) is 46.5 Å². The van der Waals surface area contributed by atoms with Gasteiger partial charge in [0.05, 0.1) is 11.3 Å². The van der Waals surface area contributed by atoms with Crippen LogP contribution in [0.2, 0.25) is 0 Å². The number of halogens is 2. The third-order valence-corrected chi connectivity index (χ3v) is 4.35. The van der Waals surface area contributed by atoms with Gasteiger partial charge in [0.15, 0.2) is 10.9 Å². The average Bonchev–Trinajstić information content (AvgIpc) is 3.25. The number of aromatic nitrogens is 1. The number of amides is 1. The third-order valence-electron chi connectivity index (χ3n) is 3.57. The van der Waals surface area contributed by atoms with E-state index in [1.54, 1.807) is 0 Å². The Balaban J connectivity index is 1.52. The van der Waals surface area contributed by atoms with Crippen molar-refractivity contribution in [3.63, 3.8) is 0 Å². The van der Waals surface area contributed by atoms with E-state index in [1.165, 1.54) is 11.3 Å². The SMILES string of the molecule is O=C(CCC(=O)c1ccc(F)cc1F)Nc1nc(C2CC2)cs1. The van der Waals surface area contributed by atoms with E-state index >= 15 is 0 Å². The highest BCUT2D eigenvalue weighted by atomic mass is 32.1. The summed E-state index contributed by atoms with van der Waals surface area (Å²) in [5, 5.41) is 5.07. The van der Waals surface area contributed by atoms with E-state index in [-0.39, 0.29) is 24.3 Å². The van der Waals surface area contributed by atoms with E-state index in [0.29, 0.717) is 17.1 Å². The molecule has 120 valence electrons. The fraction of sp³-hybridized carbons (Fsp3) is 0.312. The summed E-state index contributed by atoms with van der Waals surface area (Å²) in [4.78, 5) is 28.0. The molecule has 1 aliphatic rings. The normalized spacial score (nSPS) is 13.8. The highest BCUT2D eigenvalue weighted by Crippen LogP contribution is 2.40. The second-order valence-electron chi connectivity index (χ2n) is 5.45. The van der Waals surface area contributed by atoms with Gasteiger partial charge in [-0.15, -0.1) is 11.3 Å². The van der Waals surface area contributed by atoms with Crippen molar-refractivity contribution in [2.24, 2.45) is 0 Å². The van der Waals surface area contributed by atoms with Crippen LogP contribution in [0.4, 0.5) is 13.9 Å². The van der Waals surface area contributed by atoms with Gasteiger partial charge in [-0.1, -0.05) is 0 Å². The zero-order valence-corrected chi connectivity index (χ0v) is 13.0. The van der Waals surface area contributed by atoms with Crippen LogP contribution in [0.15, 0.2) is 23.6 Å². The summed E-state index contributed by atoms with van der Waals surface area (Å²) in [6.07, 6.45) is 2.05. The molecule has 1 aromatic carbocycles. The van der Waals surface area contributed by atoms with Crippen molar-refractivity contribution >= 4 is 28.2 Å². The Bertz CT molecular complexity index is 756. The molecule has 0 aliphatic heterocycles. The molecule has 1 aromatic heterocycles. The van der Waals surface area contributed by atoms with E-state index in [1.807, 2.05) is 5.38 Å². The quantitative estimate of drug-likeness (QED) is 0.814. The van der Waals surface area contributed by atoms with Gasteiger partial charge >= 0.3 is 0 Å². The Labute approximate surface area is 135 Å². The Hall–Kier alpha value is -2.15. The van der Waals surface area contributed by atoms with Crippen LogP contribution in [0.1, 0.15) is 47.7 Å². The molecule has 1 saturated carbocycles. The van der Waals surface area contributed by atoms with E-state index in [4.69, 9.17) is 0 Å². The number of carbonyl (C=O) groups is 2. The summed E-state index contributed by atoms with van der Waals surface area (Å²) < 4.78 is 26.3. The van der Waals surface area contributed by atoms with Crippen molar-refractivity contribution in [2.45, 2.75) is 31.6 Å². The Morgan fingerprint density at radius 2 is 2.04 bits per heavy atom. The van der Waals surface area contributed by atoms with Crippen LogP contribution in [-0.4, -0.2) is 16.7 Å². The molecule has 0 saturated heterocycles. The zero-order chi connectivity index (χ0) is 16.4. The average molecular weight is 336 g/mol. The highest BCUT2D eigenvalue weighted by molar-refractivity contribution is 7.13. The largest absolute Gasteiger partial charge is 0.302 e. The summed E-state index contributed by atoms with van der Waals surface area (Å²) in [6, 6.07) is 2.77. The molecule has 23 heavy (non-hydrogen) atoms. The standard InChI is InChI=1S/C16H14F2N2O2S/c17-10-3-4-11(12(18)7-10)14(21)5-6-15(22)20-16-19-13(8-23-16)9-1-2-9/h3-4,7-9H,1-2,5-6H2,(H,19,20,22). The first-order valence-corrected chi connectivity index (χ1v) is 8.14. The number of ketones is 1. The van der Waals surface area contributed by atoms with Gasteiger partial charge < -0.3 is 5.32 Å². The second kappa shape index (κ2) is 6.54. The van der Waals surface area contributed by atoms with Crippen LogP contribution in [0.5, 0.6) is 0 Å². The van der Waals surface area contributed by atoms with Crippen LogP contribution >= 0.6 is 11.3 Å². The molecular formula is C16H14F2N2O2S. The number of hydrogen-bond acceptors (Lipinski definition) is 4. The maximum absolute atomic E-state index is 13.5. The van der Waals surface area contributed by atoms with Crippen molar-refractivity contribution in [2.75, 3.05) is 5.32 Å². The fourth-order valence-corrected chi connectivity index (χ4v) is 2.98. The maximum Gasteiger partial charge on any atom is 0.226 e. The number of hydrogen-bond donors (Lipinski definition) is 1. The number of carbonyl (C=O) groups excluding carboxylic acids is 2. The predicted octanol–water partition coefficient (Wildman–Crippen LogP) is 3.90. The fourth-order valence-electron chi connectivity index (χ4n) is 2.17. The second-order valence-corrected chi connectivity index (χ2v) is 6.31. The predicted molar refractivity (Wildman–Crippen MR) is 82.6 cm³/mol. The van der Waals surface area contributed by atoms with Crippen LogP contribution in [-0.2, 0) is 4.79 Å². The first-order valence-electron chi connectivity index (χ1n) is 7.26. The van der Waals surface area contributed by atoms with Gasteiger partial charge in [0, 0.05) is 30.2 Å². The molecule has 1 amide bonds. The maximum atomic E-state index is 13.5. The molecule has 2 aromatic rings. The van der Waals surface area contributed by atoms with Gasteiger partial charge in [0.25, 0.3) is 0 Å². The molecule has 0 unspecified atom stereocenters. The minimum absolute atomic E-state index is 0.0754.